The van der Waals surface area contributed by atoms with Crippen LogP contribution in [0.4, 0.5) is 0 Å². The van der Waals surface area contributed by atoms with Crippen molar-refractivity contribution in [1.82, 2.24) is 10.2 Å². The molecule has 4 rings (SSSR count). The molecule has 0 spiro atoms. The van der Waals surface area contributed by atoms with Gasteiger partial charge in [0.1, 0.15) is 0 Å². The first kappa shape index (κ1) is 8.03. The summed E-state index contributed by atoms with van der Waals surface area (Å²) in [6.07, 6.45) is 2.94. The molecule has 1 aromatic heterocycles. The second-order valence-corrected chi connectivity index (χ2v) is 3.97. The van der Waals surface area contributed by atoms with Gasteiger partial charge in [-0.2, -0.15) is 5.10 Å². The summed E-state index contributed by atoms with van der Waals surface area (Å²) in [5.74, 6) is 0.738. The minimum atomic E-state index is -0.0432. The van der Waals surface area contributed by atoms with Gasteiger partial charge in [0.05, 0.1) is 18.7 Å². The number of aromatic nitrogens is 2. The van der Waals surface area contributed by atoms with Crippen LogP contribution < -0.4 is 0 Å². The van der Waals surface area contributed by atoms with Gasteiger partial charge in [0.2, 0.25) is 0 Å². The van der Waals surface area contributed by atoms with E-state index in [0.717, 1.165) is 12.1 Å². The van der Waals surface area contributed by atoms with Gasteiger partial charge in [0.15, 0.2) is 0 Å². The molecule has 0 saturated heterocycles. The molecular formula is C10H12N2O2. The lowest BCUT2D eigenvalue weighted by atomic mass is 9.70. The number of carbonyl (C=O) groups excluding carboxylic acids is 1. The van der Waals surface area contributed by atoms with Gasteiger partial charge in [-0.25, -0.2) is 0 Å². The molecular weight excluding hydrogens is 180 g/mol. The molecule has 0 radical (unpaired) electrons. The second kappa shape index (κ2) is 2.59. The zero-order chi connectivity index (χ0) is 9.71. The normalized spacial score (nSPS) is 32.2. The Balaban J connectivity index is 1.84. The molecule has 1 aromatic rings. The first-order valence-electron chi connectivity index (χ1n) is 5.02. The average Bonchev–Trinajstić information content (AvgIpc) is 2.63. The van der Waals surface area contributed by atoms with Crippen molar-refractivity contribution in [3.8, 4) is 0 Å². The number of hydrogen-bond acceptors (Lipinski definition) is 3. The van der Waals surface area contributed by atoms with Crippen molar-refractivity contribution in [3.05, 3.63) is 17.5 Å². The summed E-state index contributed by atoms with van der Waals surface area (Å²) in [4.78, 5) is 11.6. The lowest BCUT2D eigenvalue weighted by molar-refractivity contribution is -0.152. The largest absolute Gasteiger partial charge is 0.466 e. The molecule has 2 bridgehead atoms. The summed E-state index contributed by atoms with van der Waals surface area (Å²) in [5.41, 5.74) is 2.39. The van der Waals surface area contributed by atoms with E-state index in [4.69, 9.17) is 4.74 Å². The van der Waals surface area contributed by atoms with Crippen LogP contribution in [-0.2, 0) is 9.53 Å². The van der Waals surface area contributed by atoms with Crippen LogP contribution in [0.15, 0.2) is 6.20 Å². The van der Waals surface area contributed by atoms with Gasteiger partial charge in [-0.3, -0.25) is 9.89 Å². The summed E-state index contributed by atoms with van der Waals surface area (Å²) >= 11 is 0. The van der Waals surface area contributed by atoms with Crippen LogP contribution in [0, 0.1) is 5.92 Å². The topological polar surface area (TPSA) is 55.0 Å². The summed E-state index contributed by atoms with van der Waals surface area (Å²) in [6.45, 7) is 2.32. The van der Waals surface area contributed by atoms with Crippen molar-refractivity contribution in [2.75, 3.05) is 6.61 Å². The number of nitrogens with one attached hydrogen (secondary N) is 1. The Morgan fingerprint density at radius 1 is 1.71 bits per heavy atom. The van der Waals surface area contributed by atoms with Gasteiger partial charge in [0, 0.05) is 17.5 Å². The number of hydrogen-bond donors (Lipinski definition) is 1. The van der Waals surface area contributed by atoms with Crippen LogP contribution in [0.1, 0.15) is 36.4 Å². The highest BCUT2D eigenvalue weighted by atomic mass is 16.5. The Morgan fingerprint density at radius 3 is 3.29 bits per heavy atom. The molecule has 3 unspecified atom stereocenters. The van der Waals surface area contributed by atoms with E-state index in [2.05, 4.69) is 10.2 Å². The standard InChI is InChI=1S/C10H12N2O2/c1-2-14-10(13)8-5-3-6(8)9-7(5)4-11-12-9/h4-6,8H,2-3H2,1H3,(H,11,12). The van der Waals surface area contributed by atoms with Crippen molar-refractivity contribution in [2.45, 2.75) is 25.2 Å². The van der Waals surface area contributed by atoms with E-state index in [0.29, 0.717) is 18.4 Å². The minimum absolute atomic E-state index is 0.0432. The molecule has 14 heavy (non-hydrogen) atoms. The fourth-order valence-electron chi connectivity index (χ4n) is 2.73. The molecule has 1 saturated carbocycles. The summed E-state index contributed by atoms with van der Waals surface area (Å²) in [5, 5.41) is 6.97. The van der Waals surface area contributed by atoms with Crippen LogP contribution >= 0.6 is 0 Å². The maximum Gasteiger partial charge on any atom is 0.310 e. The fraction of sp³-hybridized carbons (Fsp3) is 0.600. The van der Waals surface area contributed by atoms with Gasteiger partial charge in [-0.05, 0) is 18.9 Å². The van der Waals surface area contributed by atoms with Crippen LogP contribution in [-0.4, -0.2) is 22.8 Å². The predicted octanol–water partition coefficient (Wildman–Crippen LogP) is 1.17. The molecule has 3 atom stereocenters. The second-order valence-electron chi connectivity index (χ2n) is 3.97. The van der Waals surface area contributed by atoms with E-state index in [-0.39, 0.29) is 11.9 Å². The van der Waals surface area contributed by atoms with Crippen LogP contribution in [0.2, 0.25) is 0 Å². The van der Waals surface area contributed by atoms with Crippen LogP contribution in [0.25, 0.3) is 0 Å². The first-order valence-corrected chi connectivity index (χ1v) is 5.02. The zero-order valence-corrected chi connectivity index (χ0v) is 7.99. The minimum Gasteiger partial charge on any atom is -0.466 e. The Labute approximate surface area is 81.6 Å². The number of carbonyl (C=O) groups is 1. The number of H-pyrrole nitrogens is 1. The number of rotatable bonds is 2. The number of aromatic amines is 1. The van der Waals surface area contributed by atoms with E-state index in [1.165, 1.54) is 5.56 Å². The van der Waals surface area contributed by atoms with Crippen molar-refractivity contribution in [1.29, 1.82) is 0 Å². The van der Waals surface area contributed by atoms with E-state index < -0.39 is 0 Å². The summed E-state index contributed by atoms with van der Waals surface area (Å²) in [7, 11) is 0. The zero-order valence-electron chi connectivity index (χ0n) is 7.99. The average molecular weight is 192 g/mol. The molecule has 0 aliphatic heterocycles. The molecule has 4 nitrogen and oxygen atoms in total. The van der Waals surface area contributed by atoms with Crippen molar-refractivity contribution in [2.24, 2.45) is 5.92 Å². The maximum atomic E-state index is 11.6. The van der Waals surface area contributed by atoms with Gasteiger partial charge < -0.3 is 4.74 Å². The Morgan fingerprint density at radius 2 is 2.57 bits per heavy atom. The highest BCUT2D eigenvalue weighted by Gasteiger charge is 2.56. The lowest BCUT2D eigenvalue weighted by Gasteiger charge is -2.33. The van der Waals surface area contributed by atoms with E-state index in [9.17, 15) is 4.79 Å². The van der Waals surface area contributed by atoms with Crippen LogP contribution in [0.3, 0.4) is 0 Å². The van der Waals surface area contributed by atoms with Crippen molar-refractivity contribution in [3.63, 3.8) is 0 Å². The lowest BCUT2D eigenvalue weighted by Crippen LogP contribution is -2.34. The highest BCUT2D eigenvalue weighted by Crippen LogP contribution is 2.61. The summed E-state index contributed by atoms with van der Waals surface area (Å²) < 4.78 is 5.05. The number of ether oxygens (including phenoxy) is 1. The maximum absolute atomic E-state index is 11.6. The molecule has 1 fully saturated rings. The highest BCUT2D eigenvalue weighted by molar-refractivity contribution is 5.78. The van der Waals surface area contributed by atoms with E-state index in [1.807, 2.05) is 13.1 Å². The molecule has 1 heterocycles. The molecule has 74 valence electrons. The van der Waals surface area contributed by atoms with Crippen molar-refractivity contribution < 1.29 is 9.53 Å². The monoisotopic (exact) mass is 192 g/mol. The first-order chi connectivity index (χ1) is 6.83. The Hall–Kier alpha value is -1.32. The molecule has 4 heteroatoms. The predicted molar refractivity (Wildman–Crippen MR) is 48.8 cm³/mol. The molecule has 0 aromatic carbocycles. The molecule has 3 aliphatic carbocycles. The van der Waals surface area contributed by atoms with E-state index >= 15 is 0 Å². The Bertz CT molecular complexity index is 361. The quantitative estimate of drug-likeness (QED) is 0.716. The van der Waals surface area contributed by atoms with Crippen molar-refractivity contribution >= 4 is 5.97 Å². The smallest absolute Gasteiger partial charge is 0.310 e. The van der Waals surface area contributed by atoms with Gasteiger partial charge >= 0.3 is 5.97 Å². The third kappa shape index (κ3) is 0.786. The number of nitrogens with zero attached hydrogens (tertiary/aromatic N) is 1. The van der Waals surface area contributed by atoms with E-state index in [1.54, 1.807) is 0 Å². The summed E-state index contributed by atoms with van der Waals surface area (Å²) in [6, 6.07) is 0. The third-order valence-electron chi connectivity index (χ3n) is 3.40. The van der Waals surface area contributed by atoms with Gasteiger partial charge in [0.25, 0.3) is 0 Å². The molecule has 1 N–H and O–H groups in total. The SMILES string of the molecule is CCOC(=O)C1C2CC1c1[nH]ncc12. The molecule has 0 amide bonds. The van der Waals surface area contributed by atoms with Gasteiger partial charge in [-0.1, -0.05) is 0 Å². The van der Waals surface area contributed by atoms with Gasteiger partial charge in [-0.15, -0.1) is 0 Å². The Kier molecular flexibility index (Phi) is 1.48. The fourth-order valence-corrected chi connectivity index (χ4v) is 2.73. The molecule has 3 aliphatic rings. The third-order valence-corrected chi connectivity index (χ3v) is 3.40. The van der Waals surface area contributed by atoms with Crippen LogP contribution in [0.5, 0.6) is 0 Å². The number of esters is 1.